The third-order valence-corrected chi connectivity index (χ3v) is 2.46. The van der Waals surface area contributed by atoms with Crippen molar-refractivity contribution in [3.8, 4) is 0 Å². The lowest BCUT2D eigenvalue weighted by Crippen LogP contribution is -2.26. The number of nitrogens with one attached hydrogen (secondary N) is 1. The summed E-state index contributed by atoms with van der Waals surface area (Å²) in [6.07, 6.45) is -0.117. The molecule has 1 amide bonds. The largest absolute Gasteiger partial charge is 0.451 e. The van der Waals surface area contributed by atoms with Gasteiger partial charge in [0.05, 0.1) is 6.61 Å². The molecule has 1 aliphatic heterocycles. The number of amides is 1. The fraction of sp³-hybridized carbons (Fsp3) is 0.231. The number of aliphatic hydroxyl groups is 1. The molecule has 100 valence electrons. The zero-order valence-corrected chi connectivity index (χ0v) is 10.0. The first-order chi connectivity index (χ1) is 9.19. The predicted octanol–water partition coefficient (Wildman–Crippen LogP) is 0.714. The van der Waals surface area contributed by atoms with E-state index in [4.69, 9.17) is 14.6 Å². The van der Waals surface area contributed by atoms with Crippen LogP contribution in [0.1, 0.15) is 5.56 Å². The second-order valence-electron chi connectivity index (χ2n) is 3.89. The molecule has 0 unspecified atom stereocenters. The number of ether oxygens (including phenoxy) is 2. The van der Waals surface area contributed by atoms with Gasteiger partial charge in [0.25, 0.3) is 0 Å². The van der Waals surface area contributed by atoms with Crippen LogP contribution in [0.4, 0.5) is 4.79 Å². The molecule has 1 atom stereocenters. The summed E-state index contributed by atoms with van der Waals surface area (Å²) in [6, 6.07) is 9.16. The first-order valence-electron chi connectivity index (χ1n) is 5.70. The molecule has 1 aromatic rings. The molecule has 0 saturated carbocycles. The summed E-state index contributed by atoms with van der Waals surface area (Å²) in [6.45, 7) is -0.214. The lowest BCUT2D eigenvalue weighted by Gasteiger charge is -2.06. The van der Waals surface area contributed by atoms with Crippen molar-refractivity contribution in [1.82, 2.24) is 5.32 Å². The molecular formula is C13H13NO5. The smallest absolute Gasteiger partial charge is 0.412 e. The van der Waals surface area contributed by atoms with Gasteiger partial charge in [0.1, 0.15) is 18.4 Å². The van der Waals surface area contributed by atoms with Crippen LogP contribution < -0.4 is 5.32 Å². The van der Waals surface area contributed by atoms with Crippen molar-refractivity contribution in [2.24, 2.45) is 0 Å². The first kappa shape index (κ1) is 13.1. The van der Waals surface area contributed by atoms with Gasteiger partial charge in [0, 0.05) is 0 Å². The fourth-order valence-corrected chi connectivity index (χ4v) is 1.54. The number of carbonyl (C=O) groups is 2. The fourth-order valence-electron chi connectivity index (χ4n) is 1.54. The Morgan fingerprint density at radius 3 is 2.74 bits per heavy atom. The van der Waals surface area contributed by atoms with E-state index in [-0.39, 0.29) is 18.9 Å². The van der Waals surface area contributed by atoms with Crippen LogP contribution in [-0.4, -0.2) is 29.9 Å². The molecule has 6 heteroatoms. The van der Waals surface area contributed by atoms with Crippen LogP contribution in [0.3, 0.4) is 0 Å². The second kappa shape index (κ2) is 6.01. The molecule has 1 aromatic carbocycles. The van der Waals surface area contributed by atoms with E-state index in [1.807, 2.05) is 30.3 Å². The number of hydrogen-bond donors (Lipinski definition) is 2. The summed E-state index contributed by atoms with van der Waals surface area (Å²) < 4.78 is 9.68. The Bertz CT molecular complexity index is 497. The number of benzene rings is 1. The van der Waals surface area contributed by atoms with Crippen LogP contribution in [0.15, 0.2) is 42.1 Å². The molecule has 2 rings (SSSR count). The molecule has 0 fully saturated rings. The standard InChI is InChI=1S/C13H13NO5/c15-7-10-6-11(12(16)19-10)14-13(17)18-8-9-4-2-1-3-5-9/h1-6,10,15H,7-8H2,(H,14,17)/t10-/m0/s1. The number of cyclic esters (lactones) is 1. The maximum Gasteiger partial charge on any atom is 0.412 e. The molecule has 6 nitrogen and oxygen atoms in total. The molecule has 1 aliphatic rings. The highest BCUT2D eigenvalue weighted by Gasteiger charge is 2.26. The Morgan fingerprint density at radius 2 is 2.11 bits per heavy atom. The second-order valence-corrected chi connectivity index (χ2v) is 3.89. The van der Waals surface area contributed by atoms with E-state index >= 15 is 0 Å². The van der Waals surface area contributed by atoms with Gasteiger partial charge in [-0.1, -0.05) is 30.3 Å². The van der Waals surface area contributed by atoms with Gasteiger partial charge in [-0.05, 0) is 11.6 Å². The molecular weight excluding hydrogens is 250 g/mol. The van der Waals surface area contributed by atoms with E-state index in [1.54, 1.807) is 0 Å². The molecule has 0 bridgehead atoms. The topological polar surface area (TPSA) is 84.9 Å². The minimum absolute atomic E-state index is 0.0166. The Kier molecular flexibility index (Phi) is 4.15. The third kappa shape index (κ3) is 3.56. The van der Waals surface area contributed by atoms with Crippen LogP contribution >= 0.6 is 0 Å². The number of rotatable bonds is 4. The van der Waals surface area contributed by atoms with Crippen LogP contribution in [-0.2, 0) is 20.9 Å². The highest BCUT2D eigenvalue weighted by molar-refractivity contribution is 5.94. The third-order valence-electron chi connectivity index (χ3n) is 2.46. The normalized spacial score (nSPS) is 17.6. The highest BCUT2D eigenvalue weighted by Crippen LogP contribution is 2.11. The van der Waals surface area contributed by atoms with Crippen LogP contribution in [0.5, 0.6) is 0 Å². The van der Waals surface area contributed by atoms with Crippen molar-refractivity contribution >= 4 is 12.1 Å². The molecule has 0 aromatic heterocycles. The summed E-state index contributed by atoms with van der Waals surface area (Å²) in [5.74, 6) is -0.685. The minimum atomic E-state index is -0.745. The number of hydrogen-bond acceptors (Lipinski definition) is 5. The van der Waals surface area contributed by atoms with Gasteiger partial charge in [0.2, 0.25) is 0 Å². The van der Waals surface area contributed by atoms with E-state index in [2.05, 4.69) is 5.32 Å². The predicted molar refractivity (Wildman–Crippen MR) is 64.8 cm³/mol. The summed E-state index contributed by atoms with van der Waals surface area (Å²) in [7, 11) is 0. The molecule has 2 N–H and O–H groups in total. The lowest BCUT2D eigenvalue weighted by molar-refractivity contribution is -0.141. The SMILES string of the molecule is O=C(NC1=C[C@@H](CO)OC1=O)OCc1ccccc1. The van der Waals surface area contributed by atoms with Crippen molar-refractivity contribution in [3.05, 3.63) is 47.7 Å². The van der Waals surface area contributed by atoms with Crippen LogP contribution in [0.2, 0.25) is 0 Å². The quantitative estimate of drug-likeness (QED) is 0.782. The molecule has 0 spiro atoms. The zero-order valence-electron chi connectivity index (χ0n) is 10.0. The monoisotopic (exact) mass is 263 g/mol. The van der Waals surface area contributed by atoms with Gasteiger partial charge in [-0.15, -0.1) is 0 Å². The van der Waals surface area contributed by atoms with Crippen molar-refractivity contribution < 1.29 is 24.2 Å². The Balaban J connectivity index is 1.83. The van der Waals surface area contributed by atoms with Gasteiger partial charge in [0.15, 0.2) is 0 Å². The van der Waals surface area contributed by atoms with Gasteiger partial charge < -0.3 is 14.6 Å². The summed E-state index contributed by atoms with van der Waals surface area (Å²) >= 11 is 0. The number of carbonyl (C=O) groups excluding carboxylic acids is 2. The van der Waals surface area contributed by atoms with E-state index in [0.717, 1.165) is 5.56 Å². The number of esters is 1. The van der Waals surface area contributed by atoms with Gasteiger partial charge in [-0.2, -0.15) is 0 Å². The van der Waals surface area contributed by atoms with Crippen LogP contribution in [0, 0.1) is 0 Å². The first-order valence-corrected chi connectivity index (χ1v) is 5.70. The molecule has 0 radical (unpaired) electrons. The molecule has 0 saturated heterocycles. The Hall–Kier alpha value is -2.34. The maximum absolute atomic E-state index is 11.5. The molecule has 1 heterocycles. The molecule has 0 aliphatic carbocycles. The molecule has 19 heavy (non-hydrogen) atoms. The minimum Gasteiger partial charge on any atom is -0.451 e. The average molecular weight is 263 g/mol. The lowest BCUT2D eigenvalue weighted by atomic mass is 10.2. The van der Waals surface area contributed by atoms with Crippen molar-refractivity contribution in [3.63, 3.8) is 0 Å². The van der Waals surface area contributed by atoms with Crippen LogP contribution in [0.25, 0.3) is 0 Å². The summed E-state index contributed by atoms with van der Waals surface area (Å²) in [5, 5.41) is 11.1. The Morgan fingerprint density at radius 1 is 1.37 bits per heavy atom. The average Bonchev–Trinajstić information content (AvgIpc) is 2.78. The van der Waals surface area contributed by atoms with Gasteiger partial charge >= 0.3 is 12.1 Å². The number of aliphatic hydroxyl groups excluding tert-OH is 1. The van der Waals surface area contributed by atoms with Crippen molar-refractivity contribution in [2.45, 2.75) is 12.7 Å². The highest BCUT2D eigenvalue weighted by atomic mass is 16.6. The van der Waals surface area contributed by atoms with Gasteiger partial charge in [-0.3, -0.25) is 5.32 Å². The zero-order chi connectivity index (χ0) is 13.7. The maximum atomic E-state index is 11.5. The van der Waals surface area contributed by atoms with Crippen molar-refractivity contribution in [1.29, 1.82) is 0 Å². The van der Waals surface area contributed by atoms with E-state index in [1.165, 1.54) is 6.08 Å². The Labute approximate surface area is 109 Å². The van der Waals surface area contributed by atoms with Gasteiger partial charge in [-0.25, -0.2) is 9.59 Å². The number of alkyl carbamates (subject to hydrolysis) is 1. The van der Waals surface area contributed by atoms with E-state index in [0.29, 0.717) is 0 Å². The van der Waals surface area contributed by atoms with Crippen molar-refractivity contribution in [2.75, 3.05) is 6.61 Å². The van der Waals surface area contributed by atoms with E-state index < -0.39 is 18.2 Å². The summed E-state index contributed by atoms with van der Waals surface area (Å²) in [4.78, 5) is 22.7. The van der Waals surface area contributed by atoms with E-state index in [9.17, 15) is 9.59 Å². The summed E-state index contributed by atoms with van der Waals surface area (Å²) in [5.41, 5.74) is 0.825.